The van der Waals surface area contributed by atoms with Gasteiger partial charge in [-0.1, -0.05) is 24.3 Å². The van der Waals surface area contributed by atoms with Crippen LogP contribution in [0.4, 0.5) is 0 Å². The zero-order chi connectivity index (χ0) is 27.4. The number of ether oxygens (including phenoxy) is 2. The quantitative estimate of drug-likeness (QED) is 0.201. The molecule has 6 rings (SSSR count). The molecule has 4 aromatic rings. The van der Waals surface area contributed by atoms with Gasteiger partial charge in [0.1, 0.15) is 58.2 Å². The smallest absolute Gasteiger partial charge is 0.150 e. The van der Waals surface area contributed by atoms with Crippen LogP contribution in [-0.2, 0) is 6.42 Å². The fourth-order valence-corrected chi connectivity index (χ4v) is 5.57. The zero-order valence-corrected chi connectivity index (χ0v) is 20.5. The summed E-state index contributed by atoms with van der Waals surface area (Å²) in [6, 6.07) is 16.4. The van der Waals surface area contributed by atoms with Crippen LogP contribution in [0, 0.1) is 0 Å². The third kappa shape index (κ3) is 4.26. The SMILES string of the molecule is Oc1ccc([C@@H]2C[C@@H](c3c(O)cc(O)c4c3O[C@H](c3ccc(O)cc3)[C@H](O)C4)c3c(O)cc(O)cc3O2)cc1. The maximum Gasteiger partial charge on any atom is 0.150 e. The predicted molar refractivity (Wildman–Crippen MR) is 139 cm³/mol. The molecule has 39 heavy (non-hydrogen) atoms. The van der Waals surface area contributed by atoms with Crippen LogP contribution < -0.4 is 9.47 Å². The van der Waals surface area contributed by atoms with Crippen molar-refractivity contribution < 1.29 is 45.2 Å². The second-order valence-corrected chi connectivity index (χ2v) is 9.90. The average Bonchev–Trinajstić information content (AvgIpc) is 2.89. The molecule has 0 bridgehead atoms. The first-order valence-corrected chi connectivity index (χ1v) is 12.4. The molecule has 0 fully saturated rings. The summed E-state index contributed by atoms with van der Waals surface area (Å²) in [7, 11) is 0. The van der Waals surface area contributed by atoms with E-state index >= 15 is 0 Å². The molecule has 0 radical (unpaired) electrons. The first-order valence-electron chi connectivity index (χ1n) is 12.4. The van der Waals surface area contributed by atoms with Crippen LogP contribution in [-0.4, -0.2) is 41.8 Å². The maximum atomic E-state index is 11.2. The van der Waals surface area contributed by atoms with Crippen LogP contribution in [0.3, 0.4) is 0 Å². The van der Waals surface area contributed by atoms with Crippen molar-refractivity contribution in [2.75, 3.05) is 0 Å². The van der Waals surface area contributed by atoms with Gasteiger partial charge in [-0.25, -0.2) is 0 Å². The van der Waals surface area contributed by atoms with Gasteiger partial charge >= 0.3 is 0 Å². The second kappa shape index (κ2) is 9.21. The Kier molecular flexibility index (Phi) is 5.80. The van der Waals surface area contributed by atoms with Crippen LogP contribution in [0.15, 0.2) is 66.7 Å². The Morgan fingerprint density at radius 1 is 0.615 bits per heavy atom. The minimum atomic E-state index is -1.03. The largest absolute Gasteiger partial charge is 0.508 e. The summed E-state index contributed by atoms with van der Waals surface area (Å²) in [6.07, 6.45) is -2.22. The number of hydrogen-bond donors (Lipinski definition) is 7. The number of aromatic hydroxyl groups is 6. The molecule has 0 amide bonds. The van der Waals surface area contributed by atoms with Crippen LogP contribution in [0.5, 0.6) is 46.0 Å². The van der Waals surface area contributed by atoms with E-state index < -0.39 is 24.2 Å². The number of phenolic OH excluding ortho intramolecular Hbond substituents is 6. The Hall–Kier alpha value is -4.76. The van der Waals surface area contributed by atoms with Gasteiger partial charge in [0.15, 0.2) is 0 Å². The Balaban J connectivity index is 1.51. The standard InChI is InChI=1S/C30H26O9/c31-16-5-1-14(2-6-16)25-12-20(27-22(35)9-18(33)10-26(27)38-25)28-23(36)13-21(34)19-11-24(37)29(39-30(19)28)15-3-7-17(32)8-4-15/h1-10,13,20,24-25,29,31-37H,11-12H2/t20-,24-,25+,29-/m1/s1. The van der Waals surface area contributed by atoms with Crippen molar-refractivity contribution >= 4 is 0 Å². The van der Waals surface area contributed by atoms with E-state index in [0.29, 0.717) is 16.7 Å². The number of aliphatic hydroxyl groups is 1. The minimum absolute atomic E-state index is 0.0268. The summed E-state index contributed by atoms with van der Waals surface area (Å²) in [5.74, 6) is -1.17. The average molecular weight is 531 g/mol. The molecule has 2 heterocycles. The number of aliphatic hydroxyl groups excluding tert-OH is 1. The third-order valence-corrected chi connectivity index (χ3v) is 7.39. The van der Waals surface area contributed by atoms with Gasteiger partial charge in [-0.05, 0) is 35.4 Å². The second-order valence-electron chi connectivity index (χ2n) is 9.90. The molecule has 0 unspecified atom stereocenters. The molecule has 200 valence electrons. The zero-order valence-electron chi connectivity index (χ0n) is 20.5. The summed E-state index contributed by atoms with van der Waals surface area (Å²) >= 11 is 0. The van der Waals surface area contributed by atoms with Gasteiger partial charge in [0, 0.05) is 53.6 Å². The van der Waals surface area contributed by atoms with Gasteiger partial charge in [0.05, 0.1) is 6.10 Å². The van der Waals surface area contributed by atoms with Crippen LogP contribution in [0.1, 0.15) is 52.4 Å². The Bertz CT molecular complexity index is 1550. The van der Waals surface area contributed by atoms with Gasteiger partial charge in [0.2, 0.25) is 0 Å². The summed E-state index contributed by atoms with van der Waals surface area (Å²) in [5, 5.41) is 73.3. The maximum absolute atomic E-state index is 11.2. The van der Waals surface area contributed by atoms with Crippen molar-refractivity contribution in [3.63, 3.8) is 0 Å². The highest BCUT2D eigenvalue weighted by atomic mass is 16.5. The van der Waals surface area contributed by atoms with Gasteiger partial charge in [-0.15, -0.1) is 0 Å². The lowest BCUT2D eigenvalue weighted by atomic mass is 9.79. The van der Waals surface area contributed by atoms with Crippen LogP contribution in [0.2, 0.25) is 0 Å². The molecule has 4 aromatic carbocycles. The van der Waals surface area contributed by atoms with Gasteiger partial charge in [-0.3, -0.25) is 0 Å². The van der Waals surface area contributed by atoms with Crippen LogP contribution in [0.25, 0.3) is 0 Å². The molecule has 2 aliphatic rings. The Labute approximate surface area is 223 Å². The first-order chi connectivity index (χ1) is 18.7. The van der Waals surface area contributed by atoms with E-state index in [-0.39, 0.29) is 64.4 Å². The van der Waals surface area contributed by atoms with Crippen molar-refractivity contribution in [3.8, 4) is 46.0 Å². The number of rotatable bonds is 3. The van der Waals surface area contributed by atoms with Crippen LogP contribution >= 0.6 is 0 Å². The molecule has 0 aliphatic carbocycles. The van der Waals surface area contributed by atoms with E-state index in [2.05, 4.69) is 0 Å². The van der Waals surface area contributed by atoms with Crippen molar-refractivity contribution in [2.45, 2.75) is 37.1 Å². The van der Waals surface area contributed by atoms with Gasteiger partial charge in [-0.2, -0.15) is 0 Å². The van der Waals surface area contributed by atoms with Crippen molar-refractivity contribution in [1.82, 2.24) is 0 Å². The third-order valence-electron chi connectivity index (χ3n) is 7.39. The molecular formula is C30H26O9. The van der Waals surface area contributed by atoms with E-state index in [1.165, 1.54) is 42.5 Å². The molecule has 4 atom stereocenters. The fraction of sp³-hybridized carbons (Fsp3) is 0.200. The van der Waals surface area contributed by atoms with Crippen molar-refractivity contribution in [2.24, 2.45) is 0 Å². The van der Waals surface area contributed by atoms with E-state index in [1.807, 2.05) is 0 Å². The van der Waals surface area contributed by atoms with Crippen molar-refractivity contribution in [3.05, 3.63) is 94.5 Å². The monoisotopic (exact) mass is 530 g/mol. The highest BCUT2D eigenvalue weighted by molar-refractivity contribution is 5.65. The Morgan fingerprint density at radius 3 is 1.90 bits per heavy atom. The van der Waals surface area contributed by atoms with Gasteiger partial charge in [0.25, 0.3) is 0 Å². The molecule has 2 aliphatic heterocycles. The summed E-state index contributed by atoms with van der Waals surface area (Å²) in [6.45, 7) is 0. The number of benzene rings is 4. The fourth-order valence-electron chi connectivity index (χ4n) is 5.57. The van der Waals surface area contributed by atoms with E-state index in [4.69, 9.17) is 9.47 Å². The highest BCUT2D eigenvalue weighted by Gasteiger charge is 2.41. The number of phenols is 6. The molecule has 0 aromatic heterocycles. The van der Waals surface area contributed by atoms with E-state index in [0.717, 1.165) is 5.56 Å². The lowest BCUT2D eigenvalue weighted by Gasteiger charge is -2.37. The molecule has 9 heteroatoms. The minimum Gasteiger partial charge on any atom is -0.508 e. The molecule has 0 saturated carbocycles. The molecule has 0 saturated heterocycles. The topological polar surface area (TPSA) is 160 Å². The van der Waals surface area contributed by atoms with Crippen molar-refractivity contribution in [1.29, 1.82) is 0 Å². The predicted octanol–water partition coefficient (Wildman–Crippen LogP) is 4.61. The number of fused-ring (bicyclic) bond motifs is 2. The molecular weight excluding hydrogens is 504 g/mol. The summed E-state index contributed by atoms with van der Waals surface area (Å²) in [5.41, 5.74) is 2.21. The van der Waals surface area contributed by atoms with E-state index in [1.54, 1.807) is 24.3 Å². The highest BCUT2D eigenvalue weighted by Crippen LogP contribution is 2.56. The first kappa shape index (κ1) is 24.6. The molecule has 7 N–H and O–H groups in total. The summed E-state index contributed by atoms with van der Waals surface area (Å²) < 4.78 is 12.5. The lowest BCUT2D eigenvalue weighted by molar-refractivity contribution is 0.0185. The van der Waals surface area contributed by atoms with E-state index in [9.17, 15) is 35.7 Å². The molecule has 0 spiro atoms. The normalized spacial score (nSPS) is 21.8. The Morgan fingerprint density at radius 2 is 1.23 bits per heavy atom. The molecule has 9 nitrogen and oxygen atoms in total. The summed E-state index contributed by atoms with van der Waals surface area (Å²) in [4.78, 5) is 0. The van der Waals surface area contributed by atoms with Gasteiger partial charge < -0.3 is 45.2 Å². The lowest BCUT2D eigenvalue weighted by Crippen LogP contribution is -2.31. The number of hydrogen-bond acceptors (Lipinski definition) is 9.